The second-order valence-corrected chi connectivity index (χ2v) is 4.91. The summed E-state index contributed by atoms with van der Waals surface area (Å²) in [4.78, 5) is 35.0. The Labute approximate surface area is 111 Å². The van der Waals surface area contributed by atoms with Crippen molar-refractivity contribution >= 4 is 45.9 Å². The normalized spacial score (nSPS) is 15.5. The maximum Gasteiger partial charge on any atom is 0.337 e. The predicted octanol–water partition coefficient (Wildman–Crippen LogP) is 1.30. The number of carbonyl (C=O) groups is 3. The van der Waals surface area contributed by atoms with Crippen molar-refractivity contribution in [2.45, 2.75) is 6.42 Å². The Morgan fingerprint density at radius 2 is 2.06 bits per heavy atom. The summed E-state index contributed by atoms with van der Waals surface area (Å²) in [5, 5.41) is 9.08. The van der Waals surface area contributed by atoms with Gasteiger partial charge in [-0.15, -0.1) is 0 Å². The molecule has 1 aliphatic rings. The Morgan fingerprint density at radius 3 is 2.59 bits per heavy atom. The Balaban J connectivity index is 2.48. The molecular weight excluding hydrogens is 337 g/mol. The summed E-state index contributed by atoms with van der Waals surface area (Å²) in [5.74, 6) is -1.64. The first kappa shape index (κ1) is 12.0. The molecule has 5 nitrogen and oxygen atoms in total. The summed E-state index contributed by atoms with van der Waals surface area (Å²) in [6.45, 7) is -0.0420. The number of nitrogens with zero attached hydrogens (tertiary/aromatic N) is 1. The van der Waals surface area contributed by atoms with Gasteiger partial charge in [0, 0.05) is 3.57 Å². The van der Waals surface area contributed by atoms with Crippen molar-refractivity contribution in [3.63, 3.8) is 0 Å². The number of carboxylic acids is 1. The molecule has 1 aromatic carbocycles. The number of hydrogen-bond acceptors (Lipinski definition) is 3. The highest BCUT2D eigenvalue weighted by molar-refractivity contribution is 14.1. The van der Waals surface area contributed by atoms with Gasteiger partial charge in [-0.3, -0.25) is 9.59 Å². The molecule has 1 fully saturated rings. The summed E-state index contributed by atoms with van der Waals surface area (Å²) < 4.78 is 0.765. The Kier molecular flexibility index (Phi) is 3.14. The van der Waals surface area contributed by atoms with Gasteiger partial charge >= 0.3 is 5.97 Å². The molecule has 1 aliphatic heterocycles. The number of ketones is 1. The lowest BCUT2D eigenvalue weighted by Crippen LogP contribution is -2.26. The van der Waals surface area contributed by atoms with E-state index in [4.69, 9.17) is 5.11 Å². The summed E-state index contributed by atoms with van der Waals surface area (Å²) in [6.07, 6.45) is -0.148. The van der Waals surface area contributed by atoms with Gasteiger partial charge in [0.25, 0.3) is 0 Å². The quantitative estimate of drug-likeness (QED) is 0.648. The van der Waals surface area contributed by atoms with Gasteiger partial charge in [0.2, 0.25) is 5.91 Å². The maximum atomic E-state index is 11.6. The van der Waals surface area contributed by atoms with E-state index in [1.807, 2.05) is 22.6 Å². The molecule has 0 atom stereocenters. The molecular formula is C11H8INO4. The molecule has 0 spiro atoms. The van der Waals surface area contributed by atoms with Gasteiger partial charge in [-0.2, -0.15) is 0 Å². The van der Waals surface area contributed by atoms with Crippen molar-refractivity contribution in [3.05, 3.63) is 27.3 Å². The van der Waals surface area contributed by atoms with Gasteiger partial charge in [-0.25, -0.2) is 4.79 Å². The van der Waals surface area contributed by atoms with Crippen molar-refractivity contribution in [1.29, 1.82) is 0 Å². The first-order valence-electron chi connectivity index (χ1n) is 4.84. The van der Waals surface area contributed by atoms with Gasteiger partial charge in [0.15, 0.2) is 5.78 Å². The standard InChI is InChI=1S/C11H8INO4/c12-6-1-2-9(8(3-6)11(16)17)13-5-7(14)4-10(13)15/h1-3H,4-5H2,(H,16,17). The zero-order valence-corrected chi connectivity index (χ0v) is 10.8. The molecule has 0 aromatic heterocycles. The summed E-state index contributed by atoms with van der Waals surface area (Å²) in [5.41, 5.74) is 0.328. The third-order valence-electron chi connectivity index (χ3n) is 2.46. The number of amides is 1. The lowest BCUT2D eigenvalue weighted by molar-refractivity contribution is -0.121. The number of anilines is 1. The first-order chi connectivity index (χ1) is 7.99. The number of rotatable bonds is 2. The molecule has 0 aliphatic carbocycles. The van der Waals surface area contributed by atoms with E-state index in [1.54, 1.807) is 12.1 Å². The molecule has 0 bridgehead atoms. The highest BCUT2D eigenvalue weighted by Gasteiger charge is 2.31. The van der Waals surface area contributed by atoms with Crippen molar-refractivity contribution in [2.75, 3.05) is 11.4 Å². The second kappa shape index (κ2) is 4.44. The molecule has 1 heterocycles. The van der Waals surface area contributed by atoms with Gasteiger partial charge in [-0.05, 0) is 40.8 Å². The number of Topliss-reactive ketones (excluding diaryl/α,β-unsaturated/α-hetero) is 1. The van der Waals surface area contributed by atoms with Gasteiger partial charge in [0.05, 0.1) is 24.2 Å². The van der Waals surface area contributed by atoms with Crippen LogP contribution in [0.2, 0.25) is 0 Å². The van der Waals surface area contributed by atoms with Crippen LogP contribution >= 0.6 is 22.6 Å². The summed E-state index contributed by atoms with van der Waals surface area (Å²) >= 11 is 1.99. The average Bonchev–Trinajstić information content (AvgIpc) is 2.57. The van der Waals surface area contributed by atoms with Crippen molar-refractivity contribution < 1.29 is 19.5 Å². The molecule has 0 saturated carbocycles. The monoisotopic (exact) mass is 345 g/mol. The van der Waals surface area contributed by atoms with E-state index < -0.39 is 5.97 Å². The van der Waals surface area contributed by atoms with Crippen LogP contribution in [0.15, 0.2) is 18.2 Å². The fraction of sp³-hybridized carbons (Fsp3) is 0.182. The number of halogens is 1. The third kappa shape index (κ3) is 2.31. The van der Waals surface area contributed by atoms with E-state index in [1.165, 1.54) is 11.0 Å². The molecule has 1 N–H and O–H groups in total. The highest BCUT2D eigenvalue weighted by Crippen LogP contribution is 2.26. The van der Waals surface area contributed by atoms with Crippen molar-refractivity contribution in [1.82, 2.24) is 0 Å². The third-order valence-corrected chi connectivity index (χ3v) is 3.13. The van der Waals surface area contributed by atoms with Gasteiger partial charge in [0.1, 0.15) is 0 Å². The fourth-order valence-electron chi connectivity index (χ4n) is 1.72. The number of carbonyl (C=O) groups excluding carboxylic acids is 2. The average molecular weight is 345 g/mol. The smallest absolute Gasteiger partial charge is 0.337 e. The number of aromatic carboxylic acids is 1. The Hall–Kier alpha value is -1.44. The Bertz CT molecular complexity index is 526. The zero-order chi connectivity index (χ0) is 12.6. The van der Waals surface area contributed by atoms with Crippen LogP contribution < -0.4 is 4.90 Å². The van der Waals surface area contributed by atoms with E-state index in [2.05, 4.69) is 0 Å². The van der Waals surface area contributed by atoms with E-state index in [0.29, 0.717) is 0 Å². The number of benzene rings is 1. The molecule has 17 heavy (non-hydrogen) atoms. The molecule has 1 amide bonds. The molecule has 0 radical (unpaired) electrons. The van der Waals surface area contributed by atoms with Crippen LogP contribution in [0.5, 0.6) is 0 Å². The van der Waals surface area contributed by atoms with E-state index in [-0.39, 0.29) is 35.9 Å². The molecule has 1 saturated heterocycles. The van der Waals surface area contributed by atoms with Crippen LogP contribution in [0.4, 0.5) is 5.69 Å². The molecule has 88 valence electrons. The molecule has 0 unspecified atom stereocenters. The van der Waals surface area contributed by atoms with Crippen LogP contribution in [0.3, 0.4) is 0 Å². The van der Waals surface area contributed by atoms with Crippen molar-refractivity contribution in [2.24, 2.45) is 0 Å². The molecule has 1 aromatic rings. The summed E-state index contributed by atoms with van der Waals surface area (Å²) in [7, 11) is 0. The number of carboxylic acid groups (broad SMARTS) is 1. The zero-order valence-electron chi connectivity index (χ0n) is 8.64. The highest BCUT2D eigenvalue weighted by atomic mass is 127. The van der Waals surface area contributed by atoms with E-state index in [9.17, 15) is 14.4 Å². The van der Waals surface area contributed by atoms with Crippen LogP contribution in [0.25, 0.3) is 0 Å². The fourth-order valence-corrected chi connectivity index (χ4v) is 2.21. The van der Waals surface area contributed by atoms with Crippen molar-refractivity contribution in [3.8, 4) is 0 Å². The minimum Gasteiger partial charge on any atom is -0.478 e. The topological polar surface area (TPSA) is 74.7 Å². The van der Waals surface area contributed by atoms with Gasteiger partial charge < -0.3 is 10.0 Å². The Morgan fingerprint density at radius 1 is 1.35 bits per heavy atom. The van der Waals surface area contributed by atoms with E-state index in [0.717, 1.165) is 3.57 Å². The van der Waals surface area contributed by atoms with Crippen LogP contribution in [0, 0.1) is 3.57 Å². The second-order valence-electron chi connectivity index (χ2n) is 3.66. The van der Waals surface area contributed by atoms with E-state index >= 15 is 0 Å². The SMILES string of the molecule is O=C1CC(=O)N(c2ccc(I)cc2C(=O)O)C1. The largest absolute Gasteiger partial charge is 0.478 e. The maximum absolute atomic E-state index is 11.6. The molecule has 2 rings (SSSR count). The van der Waals surface area contributed by atoms with Crippen LogP contribution in [-0.2, 0) is 9.59 Å². The van der Waals surface area contributed by atoms with Crippen LogP contribution in [-0.4, -0.2) is 29.3 Å². The minimum absolute atomic E-state index is 0.0416. The van der Waals surface area contributed by atoms with Crippen LogP contribution in [0.1, 0.15) is 16.8 Å². The molecule has 6 heteroatoms. The number of hydrogen-bond donors (Lipinski definition) is 1. The predicted molar refractivity (Wildman–Crippen MR) is 68.1 cm³/mol. The first-order valence-corrected chi connectivity index (χ1v) is 5.92. The lowest BCUT2D eigenvalue weighted by atomic mass is 10.1. The minimum atomic E-state index is -1.11. The lowest BCUT2D eigenvalue weighted by Gasteiger charge is -2.17. The van der Waals surface area contributed by atoms with Gasteiger partial charge in [-0.1, -0.05) is 0 Å². The summed E-state index contributed by atoms with van der Waals surface area (Å²) in [6, 6.07) is 4.74.